The van der Waals surface area contributed by atoms with Crippen LogP contribution in [-0.4, -0.2) is 61.6 Å². The fourth-order valence-electron chi connectivity index (χ4n) is 2.97. The van der Waals surface area contributed by atoms with Gasteiger partial charge in [0.25, 0.3) is 0 Å². The van der Waals surface area contributed by atoms with E-state index in [0.29, 0.717) is 25.2 Å². The molecule has 2 atom stereocenters. The van der Waals surface area contributed by atoms with E-state index in [1.54, 1.807) is 24.0 Å². The summed E-state index contributed by atoms with van der Waals surface area (Å²) in [5.41, 5.74) is 6.56. The molecule has 8 heteroatoms. The van der Waals surface area contributed by atoms with Gasteiger partial charge in [-0.3, -0.25) is 4.79 Å². The molecule has 1 heterocycles. The molecule has 1 saturated heterocycles. The van der Waals surface area contributed by atoms with Gasteiger partial charge >= 0.3 is 12.0 Å². The van der Waals surface area contributed by atoms with Crippen molar-refractivity contribution in [3.63, 3.8) is 0 Å². The number of urea groups is 1. The molecule has 8 nitrogen and oxygen atoms in total. The summed E-state index contributed by atoms with van der Waals surface area (Å²) < 4.78 is 4.69. The molecule has 1 fully saturated rings. The lowest BCUT2D eigenvalue weighted by molar-refractivity contribution is -0.135. The minimum atomic E-state index is -0.710. The number of piperazine rings is 1. The molecule has 2 rings (SSSR count). The Morgan fingerprint density at radius 2 is 1.88 bits per heavy atom. The summed E-state index contributed by atoms with van der Waals surface area (Å²) in [6.07, 6.45) is 0. The van der Waals surface area contributed by atoms with Crippen molar-refractivity contribution in [1.29, 1.82) is 0 Å². The van der Waals surface area contributed by atoms with Crippen LogP contribution in [0, 0.1) is 0 Å². The SMILES string of the molecule is COC(=O)c1ccc(N2CCN(C(=O)[C@@H](C)NC(N)=O)[C@H](C)C2)cc1. The number of primary amides is 1. The summed E-state index contributed by atoms with van der Waals surface area (Å²) in [7, 11) is 1.35. The van der Waals surface area contributed by atoms with Gasteiger partial charge in [0.05, 0.1) is 12.7 Å². The van der Waals surface area contributed by atoms with Gasteiger partial charge in [-0.25, -0.2) is 9.59 Å². The lowest BCUT2D eigenvalue weighted by atomic mass is 10.1. The van der Waals surface area contributed by atoms with E-state index in [-0.39, 0.29) is 17.9 Å². The molecule has 1 aliphatic heterocycles. The number of esters is 1. The van der Waals surface area contributed by atoms with Crippen LogP contribution in [0.4, 0.5) is 10.5 Å². The first-order chi connectivity index (χ1) is 11.8. The Hall–Kier alpha value is -2.77. The number of anilines is 1. The van der Waals surface area contributed by atoms with Crippen LogP contribution in [-0.2, 0) is 9.53 Å². The molecule has 3 amide bonds. The minimum absolute atomic E-state index is 0.0151. The van der Waals surface area contributed by atoms with E-state index < -0.39 is 12.1 Å². The highest BCUT2D eigenvalue weighted by molar-refractivity contribution is 5.89. The number of benzene rings is 1. The van der Waals surface area contributed by atoms with Crippen LogP contribution in [0.15, 0.2) is 24.3 Å². The molecule has 0 spiro atoms. The van der Waals surface area contributed by atoms with Gasteiger partial charge in [-0.15, -0.1) is 0 Å². The largest absolute Gasteiger partial charge is 0.465 e. The van der Waals surface area contributed by atoms with Gasteiger partial charge in [-0.05, 0) is 38.1 Å². The van der Waals surface area contributed by atoms with E-state index in [0.717, 1.165) is 5.69 Å². The highest BCUT2D eigenvalue weighted by Crippen LogP contribution is 2.20. The first-order valence-corrected chi connectivity index (χ1v) is 8.13. The molecule has 0 unspecified atom stereocenters. The maximum atomic E-state index is 12.4. The number of methoxy groups -OCH3 is 1. The number of ether oxygens (including phenoxy) is 1. The highest BCUT2D eigenvalue weighted by atomic mass is 16.5. The normalized spacial score (nSPS) is 18.4. The third-order valence-electron chi connectivity index (χ3n) is 4.29. The molecule has 0 radical (unpaired) electrons. The minimum Gasteiger partial charge on any atom is -0.465 e. The van der Waals surface area contributed by atoms with Crippen molar-refractivity contribution in [2.24, 2.45) is 5.73 Å². The van der Waals surface area contributed by atoms with Crippen LogP contribution in [0.5, 0.6) is 0 Å². The van der Waals surface area contributed by atoms with Crippen molar-refractivity contribution in [1.82, 2.24) is 10.2 Å². The van der Waals surface area contributed by atoms with Crippen molar-refractivity contribution >= 4 is 23.6 Å². The van der Waals surface area contributed by atoms with Crippen molar-refractivity contribution in [3.05, 3.63) is 29.8 Å². The van der Waals surface area contributed by atoms with Gasteiger partial charge < -0.3 is 25.6 Å². The number of carbonyl (C=O) groups excluding carboxylic acids is 3. The lowest BCUT2D eigenvalue weighted by Gasteiger charge is -2.42. The fraction of sp³-hybridized carbons (Fsp3) is 0.471. The second-order valence-electron chi connectivity index (χ2n) is 6.10. The summed E-state index contributed by atoms with van der Waals surface area (Å²) in [5.74, 6) is -0.515. The number of carbonyl (C=O) groups is 3. The van der Waals surface area contributed by atoms with E-state index in [1.165, 1.54) is 7.11 Å². The monoisotopic (exact) mass is 348 g/mol. The quantitative estimate of drug-likeness (QED) is 0.774. The number of hydrogen-bond donors (Lipinski definition) is 2. The summed E-state index contributed by atoms with van der Waals surface area (Å²) in [5, 5.41) is 2.42. The van der Waals surface area contributed by atoms with E-state index >= 15 is 0 Å². The van der Waals surface area contributed by atoms with Crippen molar-refractivity contribution in [2.75, 3.05) is 31.6 Å². The Morgan fingerprint density at radius 3 is 2.40 bits per heavy atom. The Bertz CT molecular complexity index is 647. The standard InChI is InChI=1S/C17H24N4O4/c1-11-10-20(14-6-4-13(5-7-14)16(23)25-3)8-9-21(11)15(22)12(2)19-17(18)24/h4-7,11-12H,8-10H2,1-3H3,(H3,18,19,24)/t11-,12-/m1/s1. The van der Waals surface area contributed by atoms with E-state index in [1.807, 2.05) is 19.1 Å². The number of nitrogens with one attached hydrogen (secondary N) is 1. The molecule has 1 aliphatic rings. The predicted molar refractivity (Wildman–Crippen MR) is 93.4 cm³/mol. The number of nitrogens with zero attached hydrogens (tertiary/aromatic N) is 2. The highest BCUT2D eigenvalue weighted by Gasteiger charge is 2.30. The number of nitrogens with two attached hydrogens (primary N) is 1. The summed E-state index contributed by atoms with van der Waals surface area (Å²) in [6, 6.07) is 5.81. The summed E-state index contributed by atoms with van der Waals surface area (Å²) >= 11 is 0. The first-order valence-electron chi connectivity index (χ1n) is 8.13. The van der Waals surface area contributed by atoms with Crippen LogP contribution in [0.25, 0.3) is 0 Å². The zero-order chi connectivity index (χ0) is 18.6. The van der Waals surface area contributed by atoms with Gasteiger partial charge in [0.2, 0.25) is 5.91 Å². The predicted octanol–water partition coefficient (Wildman–Crippen LogP) is 0.567. The van der Waals surface area contributed by atoms with Crippen LogP contribution in [0.2, 0.25) is 0 Å². The molecule has 0 aromatic heterocycles. The molecule has 1 aromatic rings. The zero-order valence-electron chi connectivity index (χ0n) is 14.7. The molecule has 25 heavy (non-hydrogen) atoms. The second kappa shape index (κ2) is 7.87. The van der Waals surface area contributed by atoms with Crippen molar-refractivity contribution < 1.29 is 19.1 Å². The number of amides is 3. The molecular weight excluding hydrogens is 324 g/mol. The maximum absolute atomic E-state index is 12.4. The molecule has 0 saturated carbocycles. The van der Waals surface area contributed by atoms with Gasteiger partial charge in [-0.1, -0.05) is 0 Å². The molecule has 136 valence electrons. The van der Waals surface area contributed by atoms with Gasteiger partial charge in [-0.2, -0.15) is 0 Å². The van der Waals surface area contributed by atoms with Crippen molar-refractivity contribution in [3.8, 4) is 0 Å². The first kappa shape index (κ1) is 18.6. The van der Waals surface area contributed by atoms with Crippen LogP contribution < -0.4 is 16.0 Å². The number of rotatable bonds is 4. The average Bonchev–Trinajstić information content (AvgIpc) is 2.60. The molecule has 0 bridgehead atoms. The second-order valence-corrected chi connectivity index (χ2v) is 6.10. The fourth-order valence-corrected chi connectivity index (χ4v) is 2.97. The van der Waals surface area contributed by atoms with Crippen LogP contribution >= 0.6 is 0 Å². The van der Waals surface area contributed by atoms with Gasteiger partial charge in [0.15, 0.2) is 0 Å². The van der Waals surface area contributed by atoms with Crippen LogP contribution in [0.3, 0.4) is 0 Å². The third kappa shape index (κ3) is 4.40. The van der Waals surface area contributed by atoms with E-state index in [4.69, 9.17) is 10.5 Å². The lowest BCUT2D eigenvalue weighted by Crippen LogP contribution is -2.58. The van der Waals surface area contributed by atoms with E-state index in [2.05, 4.69) is 10.2 Å². The van der Waals surface area contributed by atoms with Gasteiger partial charge in [0.1, 0.15) is 6.04 Å². The molecule has 1 aromatic carbocycles. The molecular formula is C17H24N4O4. The Morgan fingerprint density at radius 1 is 1.24 bits per heavy atom. The topological polar surface area (TPSA) is 105 Å². The Kier molecular flexibility index (Phi) is 5.84. The Labute approximate surface area is 146 Å². The van der Waals surface area contributed by atoms with Crippen molar-refractivity contribution in [2.45, 2.75) is 25.9 Å². The zero-order valence-corrected chi connectivity index (χ0v) is 14.7. The smallest absolute Gasteiger partial charge is 0.337 e. The maximum Gasteiger partial charge on any atom is 0.337 e. The molecule has 0 aliphatic carbocycles. The van der Waals surface area contributed by atoms with Gasteiger partial charge in [0, 0.05) is 31.4 Å². The number of hydrogen-bond acceptors (Lipinski definition) is 5. The average molecular weight is 348 g/mol. The summed E-state index contributed by atoms with van der Waals surface area (Å²) in [6.45, 7) is 5.45. The van der Waals surface area contributed by atoms with Crippen LogP contribution in [0.1, 0.15) is 24.2 Å². The summed E-state index contributed by atoms with van der Waals surface area (Å²) in [4.78, 5) is 38.7. The molecule has 3 N–H and O–H groups in total. The third-order valence-corrected chi connectivity index (χ3v) is 4.29. The Balaban J connectivity index is 2.00. The van der Waals surface area contributed by atoms with E-state index in [9.17, 15) is 14.4 Å².